The highest BCUT2D eigenvalue weighted by molar-refractivity contribution is 6.29. The van der Waals surface area contributed by atoms with E-state index in [0.717, 1.165) is 39.3 Å². The molecule has 0 unspecified atom stereocenters. The maximum Gasteiger partial charge on any atom is 0.254 e. The average Bonchev–Trinajstić information content (AvgIpc) is 2.67. The summed E-state index contributed by atoms with van der Waals surface area (Å²) >= 11 is 5.91. The van der Waals surface area contributed by atoms with Gasteiger partial charge in [0.2, 0.25) is 0 Å². The molecule has 2 saturated heterocycles. The van der Waals surface area contributed by atoms with Crippen molar-refractivity contribution in [3.8, 4) is 0 Å². The van der Waals surface area contributed by atoms with Crippen LogP contribution in [-0.2, 0) is 9.53 Å². The lowest BCUT2D eigenvalue weighted by Crippen LogP contribution is -3.14. The molecule has 0 aromatic carbocycles. The fourth-order valence-electron chi connectivity index (χ4n) is 4.09. The van der Waals surface area contributed by atoms with Gasteiger partial charge in [0.15, 0.2) is 0 Å². The van der Waals surface area contributed by atoms with E-state index in [0.29, 0.717) is 30.2 Å². The normalized spacial score (nSPS) is 24.0. The van der Waals surface area contributed by atoms with Gasteiger partial charge in [-0.25, -0.2) is 4.98 Å². The molecule has 7 nitrogen and oxygen atoms in total. The van der Waals surface area contributed by atoms with Crippen LogP contribution in [0.3, 0.4) is 0 Å². The van der Waals surface area contributed by atoms with Crippen molar-refractivity contribution in [3.63, 3.8) is 0 Å². The summed E-state index contributed by atoms with van der Waals surface area (Å²) in [6.07, 6.45) is 3.17. The number of hydrogen-bond donors (Lipinski definition) is 1. The van der Waals surface area contributed by atoms with Crippen molar-refractivity contribution in [1.82, 2.24) is 9.88 Å². The number of quaternary nitrogens is 1. The molecule has 0 bridgehead atoms. The smallest absolute Gasteiger partial charge is 0.254 e. The largest absolute Gasteiger partial charge is 0.550 e. The quantitative estimate of drug-likeness (QED) is 0.641. The molecule has 1 aromatic heterocycles. The fraction of sp³-hybridized carbons (Fsp3) is 0.632. The Hall–Kier alpha value is -1.70. The molecular formula is C19H26ClN3O4. The van der Waals surface area contributed by atoms with E-state index in [2.05, 4.69) is 4.98 Å². The van der Waals surface area contributed by atoms with Gasteiger partial charge in [0.05, 0.1) is 19.8 Å². The third-order valence-electron chi connectivity index (χ3n) is 5.65. The Morgan fingerprint density at radius 2 is 2.11 bits per heavy atom. The lowest BCUT2D eigenvalue weighted by Gasteiger charge is -2.39. The zero-order valence-corrected chi connectivity index (χ0v) is 16.1. The molecule has 8 heteroatoms. The Morgan fingerprint density at radius 3 is 2.81 bits per heavy atom. The van der Waals surface area contributed by atoms with E-state index < -0.39 is 5.97 Å². The van der Waals surface area contributed by atoms with Crippen LogP contribution in [0.2, 0.25) is 5.15 Å². The number of aromatic nitrogens is 1. The number of rotatable bonds is 6. The second-order valence-corrected chi connectivity index (χ2v) is 7.79. The first-order valence-corrected chi connectivity index (χ1v) is 9.92. The summed E-state index contributed by atoms with van der Waals surface area (Å²) in [5, 5.41) is 11.5. The molecule has 1 N–H and O–H groups in total. The number of likely N-dealkylation sites (tertiary alicyclic amines) is 1. The van der Waals surface area contributed by atoms with Crippen molar-refractivity contribution in [2.75, 3.05) is 45.9 Å². The highest BCUT2D eigenvalue weighted by Crippen LogP contribution is 2.29. The van der Waals surface area contributed by atoms with Crippen molar-refractivity contribution in [3.05, 3.63) is 29.0 Å². The van der Waals surface area contributed by atoms with E-state index in [1.54, 1.807) is 12.1 Å². The van der Waals surface area contributed by atoms with Crippen LogP contribution in [0.4, 0.5) is 0 Å². The first-order valence-electron chi connectivity index (χ1n) is 9.55. The third-order valence-corrected chi connectivity index (χ3v) is 5.86. The fourth-order valence-corrected chi connectivity index (χ4v) is 4.27. The number of pyridine rings is 1. The Kier molecular flexibility index (Phi) is 7.04. The van der Waals surface area contributed by atoms with Crippen LogP contribution in [0, 0.1) is 11.8 Å². The van der Waals surface area contributed by atoms with Gasteiger partial charge >= 0.3 is 0 Å². The number of nitrogens with zero attached hydrogens (tertiary/aromatic N) is 2. The number of carbonyl (C=O) groups is 2. The number of aliphatic carboxylic acids is 1. The molecule has 1 amide bonds. The molecule has 2 atom stereocenters. The van der Waals surface area contributed by atoms with Gasteiger partial charge in [-0.1, -0.05) is 11.6 Å². The van der Waals surface area contributed by atoms with Crippen LogP contribution in [0.15, 0.2) is 18.3 Å². The predicted molar refractivity (Wildman–Crippen MR) is 97.4 cm³/mol. The molecule has 0 radical (unpaired) electrons. The minimum atomic E-state index is -1.01. The number of hydrogen-bond acceptors (Lipinski definition) is 5. The second kappa shape index (κ2) is 9.48. The second-order valence-electron chi connectivity index (χ2n) is 7.40. The number of morpholine rings is 1. The van der Waals surface area contributed by atoms with Gasteiger partial charge in [0, 0.05) is 37.2 Å². The van der Waals surface area contributed by atoms with Crippen LogP contribution >= 0.6 is 11.6 Å². The van der Waals surface area contributed by atoms with Crippen molar-refractivity contribution in [2.45, 2.75) is 19.3 Å². The Bertz CT molecular complexity index is 666. The van der Waals surface area contributed by atoms with Gasteiger partial charge in [-0.05, 0) is 36.8 Å². The minimum absolute atomic E-state index is 0.0560. The molecule has 0 aliphatic carbocycles. The summed E-state index contributed by atoms with van der Waals surface area (Å²) in [4.78, 5) is 31.2. The van der Waals surface area contributed by atoms with E-state index in [9.17, 15) is 14.7 Å². The van der Waals surface area contributed by atoms with E-state index in [1.807, 2.05) is 4.90 Å². The molecule has 3 rings (SSSR count). The molecule has 0 spiro atoms. The lowest BCUT2D eigenvalue weighted by molar-refractivity contribution is -0.908. The molecule has 1 aromatic rings. The number of amides is 1. The van der Waals surface area contributed by atoms with Crippen LogP contribution in [0.5, 0.6) is 0 Å². The Balaban J connectivity index is 1.64. The molecule has 0 saturated carbocycles. The Labute approximate surface area is 164 Å². The van der Waals surface area contributed by atoms with Crippen molar-refractivity contribution in [2.24, 2.45) is 11.8 Å². The zero-order chi connectivity index (χ0) is 19.2. The summed E-state index contributed by atoms with van der Waals surface area (Å²) in [6, 6.07) is 3.23. The van der Waals surface area contributed by atoms with E-state index in [-0.39, 0.29) is 24.2 Å². The topological polar surface area (TPSA) is 87.0 Å². The maximum atomic E-state index is 12.8. The molecule has 2 aliphatic heterocycles. The van der Waals surface area contributed by atoms with E-state index >= 15 is 0 Å². The number of carboxylic acids is 1. The van der Waals surface area contributed by atoms with Gasteiger partial charge in [-0.3, -0.25) is 4.79 Å². The highest BCUT2D eigenvalue weighted by Gasteiger charge is 2.32. The monoisotopic (exact) mass is 395 g/mol. The standard InChI is InChI=1S/C19H26ClN3O4/c20-17-11-15(1-4-21-17)19(26)23-6-3-14(12-18(24)25)16(13-23)2-5-22-7-9-27-10-8-22/h1,4,11,14,16H,2-3,5-10,12-13H2,(H,24,25)/t14-,16-/m0/s1. The Morgan fingerprint density at radius 1 is 1.33 bits per heavy atom. The number of ether oxygens (including phenoxy) is 1. The molecule has 2 fully saturated rings. The predicted octanol–water partition coefficient (Wildman–Crippen LogP) is -0.741. The maximum absolute atomic E-state index is 12.8. The third kappa shape index (κ3) is 5.64. The van der Waals surface area contributed by atoms with Crippen LogP contribution in [0.25, 0.3) is 0 Å². The summed E-state index contributed by atoms with van der Waals surface area (Å²) in [7, 11) is 0. The van der Waals surface area contributed by atoms with Crippen LogP contribution < -0.4 is 10.0 Å². The van der Waals surface area contributed by atoms with Gasteiger partial charge < -0.3 is 24.4 Å². The van der Waals surface area contributed by atoms with Gasteiger partial charge in [-0.15, -0.1) is 0 Å². The average molecular weight is 396 g/mol. The molecular weight excluding hydrogens is 370 g/mol. The first kappa shape index (κ1) is 20.0. The van der Waals surface area contributed by atoms with Gasteiger partial charge in [0.1, 0.15) is 18.2 Å². The van der Waals surface area contributed by atoms with E-state index in [1.165, 1.54) is 11.1 Å². The molecule has 27 heavy (non-hydrogen) atoms. The minimum Gasteiger partial charge on any atom is -0.550 e. The number of halogens is 1. The van der Waals surface area contributed by atoms with Gasteiger partial charge in [-0.2, -0.15) is 0 Å². The number of carboxylic acid groups (broad SMARTS) is 1. The molecule has 2 aliphatic rings. The summed E-state index contributed by atoms with van der Waals surface area (Å²) in [6.45, 7) is 5.61. The lowest BCUT2D eigenvalue weighted by atomic mass is 9.81. The van der Waals surface area contributed by atoms with Crippen molar-refractivity contribution >= 4 is 23.5 Å². The summed E-state index contributed by atoms with van der Waals surface area (Å²) < 4.78 is 5.40. The number of carbonyl (C=O) groups excluding carboxylic acids is 2. The first-order chi connectivity index (χ1) is 13.0. The van der Waals surface area contributed by atoms with Crippen LogP contribution in [0.1, 0.15) is 29.6 Å². The molecule has 148 valence electrons. The van der Waals surface area contributed by atoms with Crippen molar-refractivity contribution < 1.29 is 24.3 Å². The summed E-state index contributed by atoms with van der Waals surface area (Å²) in [5.41, 5.74) is 0.519. The zero-order valence-electron chi connectivity index (χ0n) is 15.4. The van der Waals surface area contributed by atoms with Crippen molar-refractivity contribution in [1.29, 1.82) is 0 Å². The SMILES string of the molecule is O=C([O-])C[C@@H]1CCN(C(=O)c2ccnc(Cl)c2)C[C@@H]1CC[NH+]1CCOCC1. The molecule has 3 heterocycles. The van der Waals surface area contributed by atoms with Crippen LogP contribution in [-0.4, -0.2) is 67.7 Å². The summed E-state index contributed by atoms with van der Waals surface area (Å²) in [5.74, 6) is -0.867. The van der Waals surface area contributed by atoms with E-state index in [4.69, 9.17) is 16.3 Å². The number of piperidine rings is 1. The van der Waals surface area contributed by atoms with Gasteiger partial charge in [0.25, 0.3) is 5.91 Å². The highest BCUT2D eigenvalue weighted by atomic mass is 35.5. The number of nitrogens with one attached hydrogen (secondary N) is 1.